The van der Waals surface area contributed by atoms with Gasteiger partial charge in [-0.3, -0.25) is 9.89 Å². The third-order valence-corrected chi connectivity index (χ3v) is 8.00. The van der Waals surface area contributed by atoms with Crippen molar-refractivity contribution >= 4 is 18.0 Å². The zero-order valence-corrected chi connectivity index (χ0v) is 19.8. The molecule has 5 rings (SSSR count). The molecule has 4 heterocycles. The number of nitrogens with zero attached hydrogens (tertiary/aromatic N) is 4. The van der Waals surface area contributed by atoms with Crippen molar-refractivity contribution in [2.24, 2.45) is 5.92 Å². The van der Waals surface area contributed by atoms with E-state index < -0.39 is 0 Å². The van der Waals surface area contributed by atoms with Gasteiger partial charge in [0.15, 0.2) is 5.82 Å². The molecule has 184 valence electrons. The molecular formula is C24H35N7O3. The normalized spacial score (nSPS) is 27.1. The topological polar surface area (TPSA) is 128 Å². The number of amides is 1. The quantitative estimate of drug-likeness (QED) is 0.413. The van der Waals surface area contributed by atoms with Crippen LogP contribution in [0.4, 0.5) is 11.6 Å². The number of nitrogens with one attached hydrogen (secondary N) is 3. The Labute approximate surface area is 199 Å². The number of anilines is 2. The average Bonchev–Trinajstić information content (AvgIpc) is 3.54. The largest absolute Gasteiger partial charge is 0.481 e. The second-order valence-corrected chi connectivity index (χ2v) is 9.93. The molecule has 2 aromatic rings. The molecule has 0 spiro atoms. The van der Waals surface area contributed by atoms with E-state index in [2.05, 4.69) is 35.7 Å². The first-order valence-electron chi connectivity index (χ1n) is 12.4. The molecule has 1 aliphatic carbocycles. The maximum absolute atomic E-state index is 12.1. The lowest BCUT2D eigenvalue weighted by Gasteiger charge is -2.58. The molecule has 10 heteroatoms. The lowest BCUT2D eigenvalue weighted by molar-refractivity contribution is -0.142. The smallest absolute Gasteiger partial charge is 0.218 e. The van der Waals surface area contributed by atoms with Gasteiger partial charge in [0.05, 0.1) is 26.0 Å². The maximum Gasteiger partial charge on any atom is 0.218 e. The van der Waals surface area contributed by atoms with Crippen molar-refractivity contribution in [1.82, 2.24) is 30.4 Å². The van der Waals surface area contributed by atoms with Crippen LogP contribution in [0.3, 0.4) is 0 Å². The molecule has 3 fully saturated rings. The van der Waals surface area contributed by atoms with Crippen LogP contribution in [0.15, 0.2) is 12.1 Å². The Morgan fingerprint density at radius 2 is 2.09 bits per heavy atom. The summed E-state index contributed by atoms with van der Waals surface area (Å²) < 4.78 is 5.39. The van der Waals surface area contributed by atoms with Gasteiger partial charge in [-0.25, -0.2) is 4.98 Å². The van der Waals surface area contributed by atoms with Crippen molar-refractivity contribution in [3.8, 4) is 5.88 Å². The molecule has 10 nitrogen and oxygen atoms in total. The number of aliphatic hydroxyl groups excluding tert-OH is 1. The number of hydrogen-bond donors (Lipinski definition) is 4. The highest BCUT2D eigenvalue weighted by Crippen LogP contribution is 2.50. The van der Waals surface area contributed by atoms with Gasteiger partial charge in [0, 0.05) is 29.8 Å². The number of carbonyl (C=O) groups is 1. The molecule has 2 aliphatic heterocycles. The van der Waals surface area contributed by atoms with Crippen LogP contribution in [-0.2, 0) is 17.9 Å². The zero-order valence-electron chi connectivity index (χ0n) is 19.8. The Balaban J connectivity index is 1.30. The van der Waals surface area contributed by atoms with Crippen molar-refractivity contribution in [3.63, 3.8) is 0 Å². The molecule has 2 saturated heterocycles. The summed E-state index contributed by atoms with van der Waals surface area (Å²) in [7, 11) is 1.59. The highest BCUT2D eigenvalue weighted by atomic mass is 16.5. The number of piperidine rings is 2. The number of carbonyl (C=O) groups excluding carboxylic acids is 1. The predicted octanol–water partition coefficient (Wildman–Crippen LogP) is 2.64. The second kappa shape index (κ2) is 9.87. The molecule has 4 N–H and O–H groups in total. The van der Waals surface area contributed by atoms with Gasteiger partial charge in [-0.05, 0) is 50.9 Å². The first-order valence-corrected chi connectivity index (χ1v) is 12.4. The van der Waals surface area contributed by atoms with Gasteiger partial charge >= 0.3 is 0 Å². The minimum Gasteiger partial charge on any atom is -0.481 e. The van der Waals surface area contributed by atoms with Crippen LogP contribution < -0.4 is 15.4 Å². The minimum absolute atomic E-state index is 0.00337. The Bertz CT molecular complexity index is 993. The summed E-state index contributed by atoms with van der Waals surface area (Å²) in [6, 6.07) is 4.10. The van der Waals surface area contributed by atoms with E-state index in [-0.39, 0.29) is 12.1 Å². The van der Waals surface area contributed by atoms with Crippen molar-refractivity contribution in [3.05, 3.63) is 23.7 Å². The van der Waals surface area contributed by atoms with Gasteiger partial charge in [-0.2, -0.15) is 10.1 Å². The number of fused-ring (bicyclic) bond motifs is 2. The molecule has 3 unspecified atom stereocenters. The van der Waals surface area contributed by atoms with Crippen LogP contribution >= 0.6 is 0 Å². The Morgan fingerprint density at radius 1 is 1.24 bits per heavy atom. The molecular weight excluding hydrogens is 434 g/mol. The molecule has 0 radical (unpaired) electrons. The molecule has 1 amide bonds. The summed E-state index contributed by atoms with van der Waals surface area (Å²) >= 11 is 0. The van der Waals surface area contributed by atoms with Crippen LogP contribution in [0.5, 0.6) is 5.88 Å². The van der Waals surface area contributed by atoms with Gasteiger partial charge in [0.2, 0.25) is 12.3 Å². The van der Waals surface area contributed by atoms with Crippen LogP contribution in [0.2, 0.25) is 0 Å². The second-order valence-electron chi connectivity index (χ2n) is 9.93. The van der Waals surface area contributed by atoms with E-state index in [4.69, 9.17) is 4.74 Å². The SMILES string of the molecule is COc1cc(Nc2cc(CO)[nH]n2)nc(CNC2CC3CCCC(C4CCCC4)(C2)N3C=O)n1. The molecule has 2 aromatic heterocycles. The van der Waals surface area contributed by atoms with Crippen molar-refractivity contribution in [2.45, 2.75) is 88.6 Å². The van der Waals surface area contributed by atoms with Crippen molar-refractivity contribution in [2.75, 3.05) is 12.4 Å². The van der Waals surface area contributed by atoms with E-state index in [1.165, 1.54) is 32.1 Å². The fourth-order valence-corrected chi connectivity index (χ4v) is 6.54. The van der Waals surface area contributed by atoms with E-state index in [0.717, 1.165) is 32.1 Å². The van der Waals surface area contributed by atoms with Crippen LogP contribution in [0.25, 0.3) is 0 Å². The van der Waals surface area contributed by atoms with E-state index in [0.29, 0.717) is 53.6 Å². The van der Waals surface area contributed by atoms with Gasteiger partial charge in [-0.1, -0.05) is 12.8 Å². The third-order valence-electron chi connectivity index (χ3n) is 8.00. The minimum atomic E-state index is -0.108. The van der Waals surface area contributed by atoms with E-state index in [1.807, 2.05) is 0 Å². The van der Waals surface area contributed by atoms with E-state index in [9.17, 15) is 9.90 Å². The summed E-state index contributed by atoms with van der Waals surface area (Å²) in [5.41, 5.74) is 0.623. The highest BCUT2D eigenvalue weighted by Gasteiger charge is 2.52. The lowest BCUT2D eigenvalue weighted by Crippen LogP contribution is -2.66. The van der Waals surface area contributed by atoms with E-state index >= 15 is 0 Å². The van der Waals surface area contributed by atoms with Gasteiger partial charge in [0.25, 0.3) is 0 Å². The first-order chi connectivity index (χ1) is 16.6. The number of aromatic amines is 1. The maximum atomic E-state index is 12.1. The molecule has 1 saturated carbocycles. The number of rotatable bonds is 9. The van der Waals surface area contributed by atoms with E-state index in [1.54, 1.807) is 19.2 Å². The number of methoxy groups -OCH3 is 1. The number of aliphatic hydroxyl groups is 1. The zero-order chi connectivity index (χ0) is 23.5. The van der Waals surface area contributed by atoms with Crippen LogP contribution in [0, 0.1) is 5.92 Å². The number of hydrogen-bond acceptors (Lipinski definition) is 8. The Hall–Kier alpha value is -2.72. The number of aromatic nitrogens is 4. The summed E-state index contributed by atoms with van der Waals surface area (Å²) in [5, 5.41) is 23.0. The van der Waals surface area contributed by atoms with Crippen LogP contribution in [-0.4, -0.2) is 61.3 Å². The van der Waals surface area contributed by atoms with Crippen LogP contribution in [0.1, 0.15) is 69.3 Å². The van der Waals surface area contributed by atoms with Gasteiger partial charge in [-0.15, -0.1) is 0 Å². The molecule has 0 aromatic carbocycles. The number of ether oxygens (including phenoxy) is 1. The average molecular weight is 470 g/mol. The number of H-pyrrole nitrogens is 1. The third kappa shape index (κ3) is 4.48. The lowest BCUT2D eigenvalue weighted by atomic mass is 9.65. The fourth-order valence-electron chi connectivity index (χ4n) is 6.54. The standard InChI is InChI=1S/C24H35N7O3/c1-34-23-11-20(26-21-10-18(14-32)29-30-21)27-22(28-23)13-25-17-9-19-7-4-8-24(12-17,31(19)15-33)16-5-2-3-6-16/h10-11,15-17,19,25,32H,2-9,12-14H2,1H3,(H2,26,27,28,29,30). The molecule has 3 aliphatic rings. The molecule has 3 atom stereocenters. The Kier molecular flexibility index (Phi) is 6.69. The molecule has 2 bridgehead atoms. The summed E-state index contributed by atoms with van der Waals surface area (Å²) in [4.78, 5) is 23.5. The molecule has 34 heavy (non-hydrogen) atoms. The first kappa shape index (κ1) is 23.0. The highest BCUT2D eigenvalue weighted by molar-refractivity contribution is 5.53. The summed E-state index contributed by atoms with van der Waals surface area (Å²) in [5.74, 6) is 2.87. The summed E-state index contributed by atoms with van der Waals surface area (Å²) in [6.45, 7) is 0.413. The Morgan fingerprint density at radius 3 is 2.82 bits per heavy atom. The predicted molar refractivity (Wildman–Crippen MR) is 126 cm³/mol. The fraction of sp³-hybridized carbons (Fsp3) is 0.667. The monoisotopic (exact) mass is 469 g/mol. The van der Waals surface area contributed by atoms with Gasteiger partial charge < -0.3 is 25.4 Å². The summed E-state index contributed by atoms with van der Waals surface area (Å²) in [6.07, 6.45) is 11.6. The van der Waals surface area contributed by atoms with Crippen molar-refractivity contribution < 1.29 is 14.6 Å². The van der Waals surface area contributed by atoms with Gasteiger partial charge in [0.1, 0.15) is 11.6 Å². The van der Waals surface area contributed by atoms with Crippen molar-refractivity contribution in [1.29, 1.82) is 0 Å².